The van der Waals surface area contributed by atoms with Crippen LogP contribution in [0.1, 0.15) is 36.0 Å². The first kappa shape index (κ1) is 15.7. The third kappa shape index (κ3) is 3.12. The van der Waals surface area contributed by atoms with Crippen LogP contribution >= 0.6 is 11.3 Å². The van der Waals surface area contributed by atoms with E-state index >= 15 is 0 Å². The van der Waals surface area contributed by atoms with Crippen molar-refractivity contribution in [2.45, 2.75) is 31.7 Å². The van der Waals surface area contributed by atoms with Gasteiger partial charge in [0, 0.05) is 40.4 Å². The molecule has 0 unspecified atom stereocenters. The average Bonchev–Trinajstić information content (AvgIpc) is 3.18. The van der Waals surface area contributed by atoms with Crippen LogP contribution in [0, 0.1) is 0 Å². The SMILES string of the molecule is NC(=O)[C@@H]1CCCN1C(=O)CCC(=O)c1csc2ccccc12. The summed E-state index contributed by atoms with van der Waals surface area (Å²) >= 11 is 1.53. The van der Waals surface area contributed by atoms with Gasteiger partial charge >= 0.3 is 0 Å². The van der Waals surface area contributed by atoms with Crippen molar-refractivity contribution >= 4 is 39.0 Å². The molecule has 1 saturated heterocycles. The third-order valence-electron chi connectivity index (χ3n) is 4.25. The largest absolute Gasteiger partial charge is 0.368 e. The number of hydrogen-bond donors (Lipinski definition) is 1. The maximum Gasteiger partial charge on any atom is 0.240 e. The van der Waals surface area contributed by atoms with E-state index < -0.39 is 11.9 Å². The van der Waals surface area contributed by atoms with Crippen molar-refractivity contribution in [2.24, 2.45) is 5.73 Å². The summed E-state index contributed by atoms with van der Waals surface area (Å²) in [7, 11) is 0. The molecule has 1 aromatic heterocycles. The third-order valence-corrected chi connectivity index (χ3v) is 5.21. The van der Waals surface area contributed by atoms with Crippen LogP contribution in [0.15, 0.2) is 29.6 Å². The van der Waals surface area contributed by atoms with Gasteiger partial charge in [-0.2, -0.15) is 0 Å². The quantitative estimate of drug-likeness (QED) is 0.855. The van der Waals surface area contributed by atoms with E-state index in [9.17, 15) is 14.4 Å². The molecule has 1 fully saturated rings. The second kappa shape index (κ2) is 6.50. The summed E-state index contributed by atoms with van der Waals surface area (Å²) in [6.07, 6.45) is 1.67. The number of carbonyl (C=O) groups excluding carboxylic acids is 3. The summed E-state index contributed by atoms with van der Waals surface area (Å²) in [6, 6.07) is 7.22. The summed E-state index contributed by atoms with van der Waals surface area (Å²) in [5, 5.41) is 2.78. The van der Waals surface area contributed by atoms with E-state index in [1.807, 2.05) is 29.6 Å². The number of amides is 2. The zero-order valence-corrected chi connectivity index (χ0v) is 13.5. The van der Waals surface area contributed by atoms with E-state index in [4.69, 9.17) is 5.73 Å². The molecule has 1 aliphatic heterocycles. The average molecular weight is 330 g/mol. The smallest absolute Gasteiger partial charge is 0.240 e. The zero-order valence-electron chi connectivity index (χ0n) is 12.7. The van der Waals surface area contributed by atoms with Gasteiger partial charge in [0.1, 0.15) is 6.04 Å². The molecule has 3 rings (SSSR count). The molecule has 6 heteroatoms. The van der Waals surface area contributed by atoms with Crippen molar-refractivity contribution in [1.82, 2.24) is 4.90 Å². The van der Waals surface area contributed by atoms with Crippen molar-refractivity contribution in [3.63, 3.8) is 0 Å². The highest BCUT2D eigenvalue weighted by molar-refractivity contribution is 7.17. The van der Waals surface area contributed by atoms with Crippen LogP contribution in [-0.4, -0.2) is 35.1 Å². The number of carbonyl (C=O) groups is 3. The van der Waals surface area contributed by atoms with Crippen molar-refractivity contribution in [3.05, 3.63) is 35.2 Å². The number of fused-ring (bicyclic) bond motifs is 1. The molecular weight excluding hydrogens is 312 g/mol. The molecule has 2 amide bonds. The molecule has 2 aromatic rings. The lowest BCUT2D eigenvalue weighted by molar-refractivity contribution is -0.137. The van der Waals surface area contributed by atoms with Crippen LogP contribution in [-0.2, 0) is 9.59 Å². The Kier molecular flexibility index (Phi) is 4.43. The normalized spacial score (nSPS) is 17.6. The van der Waals surface area contributed by atoms with Crippen molar-refractivity contribution in [2.75, 3.05) is 6.54 Å². The first-order valence-corrected chi connectivity index (χ1v) is 8.54. The molecule has 5 nitrogen and oxygen atoms in total. The minimum atomic E-state index is -0.514. The number of primary amides is 1. The van der Waals surface area contributed by atoms with E-state index in [0.29, 0.717) is 18.5 Å². The van der Waals surface area contributed by atoms with Gasteiger partial charge in [-0.05, 0) is 18.9 Å². The lowest BCUT2D eigenvalue weighted by atomic mass is 10.1. The minimum Gasteiger partial charge on any atom is -0.368 e. The summed E-state index contributed by atoms with van der Waals surface area (Å²) in [5.74, 6) is -0.671. The molecule has 0 saturated carbocycles. The van der Waals surface area contributed by atoms with E-state index in [-0.39, 0.29) is 24.5 Å². The number of benzene rings is 1. The van der Waals surface area contributed by atoms with Gasteiger partial charge in [0.2, 0.25) is 11.8 Å². The van der Waals surface area contributed by atoms with Crippen LogP contribution in [0.5, 0.6) is 0 Å². The predicted octanol–water partition coefficient (Wildman–Crippen LogP) is 2.34. The van der Waals surface area contributed by atoms with Gasteiger partial charge in [-0.15, -0.1) is 11.3 Å². The van der Waals surface area contributed by atoms with Crippen molar-refractivity contribution < 1.29 is 14.4 Å². The fourth-order valence-electron chi connectivity index (χ4n) is 3.05. The molecule has 23 heavy (non-hydrogen) atoms. The number of rotatable bonds is 5. The molecule has 1 atom stereocenters. The van der Waals surface area contributed by atoms with Gasteiger partial charge in [0.15, 0.2) is 5.78 Å². The number of nitrogens with zero attached hydrogens (tertiary/aromatic N) is 1. The molecule has 0 aliphatic carbocycles. The predicted molar refractivity (Wildman–Crippen MR) is 89.3 cm³/mol. The number of ketones is 1. The standard InChI is InChI=1S/C17H18N2O3S/c18-17(22)13-5-3-9-19(13)16(21)8-7-14(20)12-10-23-15-6-2-1-4-11(12)15/h1-2,4,6,10,13H,3,5,7-9H2,(H2,18,22)/t13-/m0/s1. The fraction of sp³-hybridized carbons (Fsp3) is 0.353. The number of nitrogens with two attached hydrogens (primary N) is 1. The Hall–Kier alpha value is -2.21. The zero-order chi connectivity index (χ0) is 16.4. The van der Waals surface area contributed by atoms with Gasteiger partial charge in [-0.1, -0.05) is 18.2 Å². The first-order valence-electron chi connectivity index (χ1n) is 7.66. The van der Waals surface area contributed by atoms with Crippen LogP contribution in [0.2, 0.25) is 0 Å². The maximum absolute atomic E-state index is 12.4. The molecule has 0 bridgehead atoms. The molecule has 0 radical (unpaired) electrons. The Morgan fingerprint density at radius 2 is 2.00 bits per heavy atom. The molecule has 1 aromatic carbocycles. The van der Waals surface area contributed by atoms with E-state index in [1.54, 1.807) is 0 Å². The second-order valence-electron chi connectivity index (χ2n) is 5.72. The van der Waals surface area contributed by atoms with Crippen LogP contribution < -0.4 is 5.73 Å². The molecule has 2 N–H and O–H groups in total. The number of hydrogen-bond acceptors (Lipinski definition) is 4. The van der Waals surface area contributed by atoms with Gasteiger partial charge in [-0.25, -0.2) is 0 Å². The lowest BCUT2D eigenvalue weighted by Crippen LogP contribution is -2.43. The molecule has 1 aliphatic rings. The highest BCUT2D eigenvalue weighted by atomic mass is 32.1. The van der Waals surface area contributed by atoms with Gasteiger partial charge in [-0.3, -0.25) is 14.4 Å². The Balaban J connectivity index is 1.65. The Morgan fingerprint density at radius 1 is 1.22 bits per heavy atom. The van der Waals surface area contributed by atoms with E-state index in [1.165, 1.54) is 16.2 Å². The summed E-state index contributed by atoms with van der Waals surface area (Å²) in [4.78, 5) is 37.5. The van der Waals surface area contributed by atoms with E-state index in [2.05, 4.69) is 0 Å². The Bertz CT molecular complexity index is 768. The molecular formula is C17H18N2O3S. The summed E-state index contributed by atoms with van der Waals surface area (Å²) in [5.41, 5.74) is 6.00. The molecule has 0 spiro atoms. The second-order valence-corrected chi connectivity index (χ2v) is 6.63. The van der Waals surface area contributed by atoms with Crippen molar-refractivity contribution in [3.8, 4) is 0 Å². The number of thiophene rings is 1. The van der Waals surface area contributed by atoms with Gasteiger partial charge in [0.05, 0.1) is 0 Å². The van der Waals surface area contributed by atoms with Crippen LogP contribution in [0.3, 0.4) is 0 Å². The number of Topliss-reactive ketones (excluding diaryl/α,β-unsaturated/α-hetero) is 1. The van der Waals surface area contributed by atoms with Crippen LogP contribution in [0.4, 0.5) is 0 Å². The number of likely N-dealkylation sites (tertiary alicyclic amines) is 1. The van der Waals surface area contributed by atoms with Gasteiger partial charge in [0.25, 0.3) is 0 Å². The van der Waals surface area contributed by atoms with Crippen molar-refractivity contribution in [1.29, 1.82) is 0 Å². The minimum absolute atomic E-state index is 0.0365. The monoisotopic (exact) mass is 330 g/mol. The summed E-state index contributed by atoms with van der Waals surface area (Å²) in [6.45, 7) is 0.544. The maximum atomic E-state index is 12.4. The highest BCUT2D eigenvalue weighted by Gasteiger charge is 2.32. The first-order chi connectivity index (χ1) is 11.1. The molecule has 2 heterocycles. The highest BCUT2D eigenvalue weighted by Crippen LogP contribution is 2.27. The Labute approximate surface area is 138 Å². The van der Waals surface area contributed by atoms with E-state index in [0.717, 1.165) is 16.5 Å². The lowest BCUT2D eigenvalue weighted by Gasteiger charge is -2.21. The van der Waals surface area contributed by atoms with Crippen LogP contribution in [0.25, 0.3) is 10.1 Å². The summed E-state index contributed by atoms with van der Waals surface area (Å²) < 4.78 is 1.07. The molecule has 120 valence electrons. The topological polar surface area (TPSA) is 80.5 Å². The Morgan fingerprint density at radius 3 is 2.78 bits per heavy atom. The van der Waals surface area contributed by atoms with Gasteiger partial charge < -0.3 is 10.6 Å². The fourth-order valence-corrected chi connectivity index (χ4v) is 4.02.